The zero-order valence-corrected chi connectivity index (χ0v) is 20.4. The molecule has 1 aliphatic rings. The van der Waals surface area contributed by atoms with Crippen LogP contribution < -0.4 is 4.74 Å². The monoisotopic (exact) mass is 479 g/mol. The van der Waals surface area contributed by atoms with Gasteiger partial charge in [0, 0.05) is 11.6 Å². The molecule has 0 aromatic heterocycles. The van der Waals surface area contributed by atoms with Gasteiger partial charge in [-0.05, 0) is 74.2 Å². The van der Waals surface area contributed by atoms with Crippen molar-refractivity contribution in [3.05, 3.63) is 121 Å². The van der Waals surface area contributed by atoms with Crippen LogP contribution >= 0.6 is 0 Å². The first-order valence-electron chi connectivity index (χ1n) is 12.1. The largest absolute Gasteiger partial charge is 0.471 e. The minimum Gasteiger partial charge on any atom is -0.471 e. The summed E-state index contributed by atoms with van der Waals surface area (Å²) in [6, 6.07) is 35.9. The molecule has 0 radical (unpaired) electrons. The standard InChI is InChI=1S/C32H28FOS/c33-30-25-29(35(27-15-7-2-8-16-27)28-17-9-3-10-18-28)19-20-31(30)34-32(22-11-4-12-23-32)24-21-26-13-5-1-6-14-26/h1-3,5-10,13-20,25H,4,11-12,22-23H2/q+1. The molecule has 5 rings (SSSR count). The van der Waals surface area contributed by atoms with E-state index in [9.17, 15) is 0 Å². The predicted molar refractivity (Wildman–Crippen MR) is 141 cm³/mol. The molecule has 0 N–H and O–H groups in total. The average Bonchev–Trinajstić information content (AvgIpc) is 2.92. The Morgan fingerprint density at radius 3 is 1.80 bits per heavy atom. The Balaban J connectivity index is 1.47. The van der Waals surface area contributed by atoms with Gasteiger partial charge in [0.15, 0.2) is 31.9 Å². The van der Waals surface area contributed by atoms with Gasteiger partial charge < -0.3 is 4.74 Å². The Bertz CT molecular complexity index is 1260. The Hall–Kier alpha value is -3.48. The number of hydrogen-bond acceptors (Lipinski definition) is 1. The van der Waals surface area contributed by atoms with Crippen molar-refractivity contribution < 1.29 is 9.13 Å². The second-order valence-corrected chi connectivity index (χ2v) is 10.8. The molecule has 0 atom stereocenters. The number of rotatable bonds is 5. The zero-order valence-electron chi connectivity index (χ0n) is 19.6. The van der Waals surface area contributed by atoms with E-state index in [1.54, 1.807) is 12.1 Å². The number of ether oxygens (including phenoxy) is 1. The molecule has 35 heavy (non-hydrogen) atoms. The number of halogens is 1. The lowest BCUT2D eigenvalue weighted by molar-refractivity contribution is 0.0823. The maximum atomic E-state index is 15.6. The highest BCUT2D eigenvalue weighted by Gasteiger charge is 2.34. The maximum absolute atomic E-state index is 15.6. The molecular formula is C32H28FOS+. The van der Waals surface area contributed by atoms with Gasteiger partial charge >= 0.3 is 0 Å². The van der Waals surface area contributed by atoms with Crippen LogP contribution in [0.25, 0.3) is 0 Å². The molecule has 1 fully saturated rings. The molecule has 1 nitrogen and oxygen atoms in total. The summed E-state index contributed by atoms with van der Waals surface area (Å²) in [5.74, 6) is 6.60. The SMILES string of the molecule is Fc1cc([S+](c2ccccc2)c2ccccc2)ccc1OC1(C#Cc2ccccc2)CCCCC1. The third kappa shape index (κ3) is 5.61. The van der Waals surface area contributed by atoms with E-state index in [4.69, 9.17) is 4.74 Å². The summed E-state index contributed by atoms with van der Waals surface area (Å²) in [4.78, 5) is 3.24. The van der Waals surface area contributed by atoms with E-state index in [2.05, 4.69) is 36.1 Å². The van der Waals surface area contributed by atoms with Gasteiger partial charge in [-0.1, -0.05) is 72.9 Å². The number of benzene rings is 4. The fourth-order valence-electron chi connectivity index (χ4n) is 4.51. The van der Waals surface area contributed by atoms with Gasteiger partial charge in [0.2, 0.25) is 0 Å². The molecule has 0 bridgehead atoms. The Morgan fingerprint density at radius 1 is 0.657 bits per heavy atom. The molecule has 3 heteroatoms. The first-order chi connectivity index (χ1) is 17.2. The molecule has 4 aromatic rings. The fourth-order valence-corrected chi connectivity index (χ4v) is 6.61. The van der Waals surface area contributed by atoms with Crippen LogP contribution in [0.4, 0.5) is 4.39 Å². The minimum atomic E-state index is -0.656. The fraction of sp³-hybridized carbons (Fsp3) is 0.188. The van der Waals surface area contributed by atoms with Crippen LogP contribution in [0.1, 0.15) is 37.7 Å². The molecule has 4 aromatic carbocycles. The molecule has 0 unspecified atom stereocenters. The molecule has 174 valence electrons. The third-order valence-corrected chi connectivity index (χ3v) is 8.48. The summed E-state index contributed by atoms with van der Waals surface area (Å²) in [5, 5.41) is 0. The summed E-state index contributed by atoms with van der Waals surface area (Å²) in [6.07, 6.45) is 4.86. The normalized spacial score (nSPS) is 14.7. The summed E-state index contributed by atoms with van der Waals surface area (Å²) in [6.45, 7) is 0. The van der Waals surface area contributed by atoms with Gasteiger partial charge in [0.25, 0.3) is 0 Å². The van der Waals surface area contributed by atoms with Crippen LogP contribution in [-0.2, 0) is 10.9 Å². The van der Waals surface area contributed by atoms with Gasteiger partial charge in [-0.3, -0.25) is 0 Å². The van der Waals surface area contributed by atoms with Crippen LogP contribution in [0, 0.1) is 17.7 Å². The van der Waals surface area contributed by atoms with Gasteiger partial charge in [-0.2, -0.15) is 0 Å². The molecule has 0 amide bonds. The molecular weight excluding hydrogens is 451 g/mol. The van der Waals surface area contributed by atoms with E-state index in [1.165, 1.54) is 0 Å². The minimum absolute atomic E-state index is 0.280. The van der Waals surface area contributed by atoms with E-state index in [0.717, 1.165) is 52.4 Å². The van der Waals surface area contributed by atoms with Crippen LogP contribution in [0.3, 0.4) is 0 Å². The van der Waals surface area contributed by atoms with Crippen molar-refractivity contribution in [2.24, 2.45) is 0 Å². The summed E-state index contributed by atoms with van der Waals surface area (Å²) < 4.78 is 22.0. The Labute approximate surface area is 210 Å². The maximum Gasteiger partial charge on any atom is 0.170 e. The summed E-state index contributed by atoms with van der Waals surface area (Å²) >= 11 is 0. The lowest BCUT2D eigenvalue weighted by Gasteiger charge is -2.33. The molecule has 1 aliphatic carbocycles. The van der Waals surface area contributed by atoms with E-state index in [0.29, 0.717) is 0 Å². The third-order valence-electron chi connectivity index (χ3n) is 6.27. The first-order valence-corrected chi connectivity index (χ1v) is 13.4. The van der Waals surface area contributed by atoms with Crippen molar-refractivity contribution in [2.75, 3.05) is 0 Å². The molecule has 0 spiro atoms. The predicted octanol–water partition coefficient (Wildman–Crippen LogP) is 8.05. The van der Waals surface area contributed by atoms with Gasteiger partial charge in [-0.25, -0.2) is 4.39 Å². The van der Waals surface area contributed by atoms with E-state index < -0.39 is 16.5 Å². The lowest BCUT2D eigenvalue weighted by atomic mass is 9.85. The highest BCUT2D eigenvalue weighted by Crippen LogP contribution is 2.37. The van der Waals surface area contributed by atoms with Crippen LogP contribution in [0.15, 0.2) is 124 Å². The molecule has 0 aliphatic heterocycles. The Kier molecular flexibility index (Phi) is 7.21. The Morgan fingerprint density at radius 2 is 1.23 bits per heavy atom. The quantitative estimate of drug-likeness (QED) is 0.208. The van der Waals surface area contributed by atoms with Crippen molar-refractivity contribution in [1.82, 2.24) is 0 Å². The van der Waals surface area contributed by atoms with Crippen molar-refractivity contribution in [2.45, 2.75) is 52.4 Å². The van der Waals surface area contributed by atoms with Crippen LogP contribution in [0.2, 0.25) is 0 Å². The smallest absolute Gasteiger partial charge is 0.170 e. The molecule has 0 saturated heterocycles. The van der Waals surface area contributed by atoms with E-state index >= 15 is 4.39 Å². The average molecular weight is 480 g/mol. The highest BCUT2D eigenvalue weighted by atomic mass is 32.2. The highest BCUT2D eigenvalue weighted by molar-refractivity contribution is 7.97. The van der Waals surface area contributed by atoms with Gasteiger partial charge in [0.1, 0.15) is 0 Å². The zero-order chi connectivity index (χ0) is 23.9. The second-order valence-electron chi connectivity index (χ2n) is 8.80. The van der Waals surface area contributed by atoms with Gasteiger partial charge in [-0.15, -0.1) is 0 Å². The summed E-state index contributed by atoms with van der Waals surface area (Å²) in [7, 11) is -0.402. The topological polar surface area (TPSA) is 9.23 Å². The number of hydrogen-bond donors (Lipinski definition) is 0. The van der Waals surface area contributed by atoms with Crippen LogP contribution in [-0.4, -0.2) is 5.60 Å². The molecule has 1 saturated carbocycles. The lowest BCUT2D eigenvalue weighted by Crippen LogP contribution is -2.37. The van der Waals surface area contributed by atoms with E-state index in [-0.39, 0.29) is 11.6 Å². The van der Waals surface area contributed by atoms with Crippen molar-refractivity contribution in [1.29, 1.82) is 0 Å². The molecule has 0 heterocycles. The second kappa shape index (κ2) is 10.8. The van der Waals surface area contributed by atoms with Crippen molar-refractivity contribution in [3.8, 4) is 17.6 Å². The first kappa shape index (κ1) is 23.3. The van der Waals surface area contributed by atoms with Gasteiger partial charge in [0.05, 0.1) is 10.9 Å². The summed E-state index contributed by atoms with van der Waals surface area (Å²) in [5.41, 5.74) is 0.295. The van der Waals surface area contributed by atoms with Crippen LogP contribution in [0.5, 0.6) is 5.75 Å². The van der Waals surface area contributed by atoms with Crippen molar-refractivity contribution >= 4 is 10.9 Å². The van der Waals surface area contributed by atoms with E-state index in [1.807, 2.05) is 72.8 Å². The van der Waals surface area contributed by atoms with Crippen molar-refractivity contribution in [3.63, 3.8) is 0 Å².